The van der Waals surface area contributed by atoms with E-state index in [0.29, 0.717) is 17.8 Å². The molecule has 0 aliphatic carbocycles. The second-order valence-corrected chi connectivity index (χ2v) is 8.74. The molecular weight excluding hydrogens is 529 g/mol. The Morgan fingerprint density at radius 1 is 1.31 bits per heavy atom. The molecule has 1 atom stereocenters. The molecule has 2 aromatic carbocycles. The van der Waals surface area contributed by atoms with Crippen molar-refractivity contribution >= 4 is 45.9 Å². The number of rotatable bonds is 8. The van der Waals surface area contributed by atoms with Crippen LogP contribution in [0.2, 0.25) is 5.02 Å². The van der Waals surface area contributed by atoms with Crippen molar-refractivity contribution in [1.29, 1.82) is 5.26 Å². The largest absolute Gasteiger partial charge is 0.396 e. The predicted octanol–water partition coefficient (Wildman–Crippen LogP) is 3.10. The number of carbonyl (C=O) groups excluding carboxylic acids is 1. The number of carbonyl (C=O) groups is 1. The van der Waals surface area contributed by atoms with Gasteiger partial charge in [-0.15, -0.1) is 0 Å². The Bertz CT molecular complexity index is 1650. The van der Waals surface area contributed by atoms with E-state index in [9.17, 15) is 19.2 Å². The number of hydrogen-bond donors (Lipinski definition) is 5. The van der Waals surface area contributed by atoms with Gasteiger partial charge in [0, 0.05) is 18.8 Å². The summed E-state index contributed by atoms with van der Waals surface area (Å²) in [5.41, 5.74) is 5.56. The molecule has 12 nitrogen and oxygen atoms in total. The number of amides is 2. The number of nitrogens with two attached hydrogens (primary N) is 1. The van der Waals surface area contributed by atoms with E-state index in [4.69, 9.17) is 22.4 Å². The van der Waals surface area contributed by atoms with Crippen molar-refractivity contribution in [2.75, 3.05) is 29.5 Å². The Morgan fingerprint density at radius 3 is 2.85 bits per heavy atom. The van der Waals surface area contributed by atoms with Gasteiger partial charge < -0.3 is 26.8 Å². The van der Waals surface area contributed by atoms with Crippen LogP contribution in [-0.4, -0.2) is 43.8 Å². The molecule has 6 N–H and O–H groups in total. The maximum Gasteiger partial charge on any atom is 0.319 e. The summed E-state index contributed by atoms with van der Waals surface area (Å²) in [6.45, 7) is 1.84. The van der Waals surface area contributed by atoms with Gasteiger partial charge in [0.2, 0.25) is 0 Å². The minimum atomic E-state index is -0.805. The third-order valence-electron chi connectivity index (χ3n) is 5.66. The van der Waals surface area contributed by atoms with Gasteiger partial charge in [-0.25, -0.2) is 24.1 Å². The summed E-state index contributed by atoms with van der Waals surface area (Å²) < 4.78 is 16.1. The molecule has 4 aromatic rings. The molecule has 200 valence electrons. The van der Waals surface area contributed by atoms with Gasteiger partial charge in [0.1, 0.15) is 46.8 Å². The van der Waals surface area contributed by atoms with Crippen LogP contribution >= 0.6 is 11.6 Å². The fourth-order valence-corrected chi connectivity index (χ4v) is 4.08. The number of aliphatic hydroxyl groups is 1. The molecule has 39 heavy (non-hydrogen) atoms. The van der Waals surface area contributed by atoms with Gasteiger partial charge in [0.05, 0.1) is 22.1 Å². The highest BCUT2D eigenvalue weighted by atomic mass is 35.5. The van der Waals surface area contributed by atoms with Crippen molar-refractivity contribution < 1.29 is 14.3 Å². The molecule has 0 bridgehead atoms. The number of nitrogen functional groups attached to an aromatic ring is 1. The molecule has 1 unspecified atom stereocenters. The van der Waals surface area contributed by atoms with E-state index < -0.39 is 23.4 Å². The van der Waals surface area contributed by atoms with Crippen molar-refractivity contribution in [2.24, 2.45) is 0 Å². The SMILES string of the molecule is CC(Nc1ncnc(N)c1C#N)c1nc2c(F)ccc(Cl)c2c(=O)n1-c1cccc(NC(=O)NCCCO)c1. The Morgan fingerprint density at radius 2 is 2.10 bits per heavy atom. The lowest BCUT2D eigenvalue weighted by molar-refractivity contribution is 0.249. The highest BCUT2D eigenvalue weighted by molar-refractivity contribution is 6.35. The van der Waals surface area contributed by atoms with E-state index in [-0.39, 0.29) is 52.1 Å². The number of halogens is 2. The zero-order valence-corrected chi connectivity index (χ0v) is 21.3. The fraction of sp³-hybridized carbons (Fsp3) is 0.200. The van der Waals surface area contributed by atoms with E-state index in [1.54, 1.807) is 25.1 Å². The van der Waals surface area contributed by atoms with Crippen molar-refractivity contribution in [3.63, 3.8) is 0 Å². The number of benzene rings is 2. The lowest BCUT2D eigenvalue weighted by Crippen LogP contribution is -2.30. The normalized spacial score (nSPS) is 11.6. The number of aliphatic hydroxyl groups excluding tert-OH is 1. The monoisotopic (exact) mass is 551 g/mol. The molecule has 0 aliphatic heterocycles. The highest BCUT2D eigenvalue weighted by Crippen LogP contribution is 2.28. The van der Waals surface area contributed by atoms with Crippen LogP contribution in [-0.2, 0) is 0 Å². The summed E-state index contributed by atoms with van der Waals surface area (Å²) in [6.07, 6.45) is 1.56. The number of nitrogens with one attached hydrogen (secondary N) is 3. The topological polar surface area (TPSA) is 184 Å². The Labute approximate surface area is 226 Å². The molecule has 14 heteroatoms. The molecule has 0 aliphatic rings. The Kier molecular flexibility index (Phi) is 8.18. The Hall–Kier alpha value is -4.80. The quantitative estimate of drug-likeness (QED) is 0.205. The molecule has 4 rings (SSSR count). The van der Waals surface area contributed by atoms with E-state index >= 15 is 0 Å². The molecule has 2 heterocycles. The summed E-state index contributed by atoms with van der Waals surface area (Å²) in [5.74, 6) is -0.620. The molecular formula is C25H23ClFN9O3. The van der Waals surface area contributed by atoms with Crippen molar-refractivity contribution in [2.45, 2.75) is 19.4 Å². The van der Waals surface area contributed by atoms with E-state index in [2.05, 4.69) is 30.9 Å². The Balaban J connectivity index is 1.85. The van der Waals surface area contributed by atoms with Crippen molar-refractivity contribution in [3.05, 3.63) is 75.3 Å². The lowest BCUT2D eigenvalue weighted by atomic mass is 10.1. The van der Waals surface area contributed by atoms with Gasteiger partial charge in [0.25, 0.3) is 5.56 Å². The predicted molar refractivity (Wildman–Crippen MR) is 144 cm³/mol. The second kappa shape index (κ2) is 11.7. The molecule has 0 spiro atoms. The van der Waals surface area contributed by atoms with Crippen molar-refractivity contribution in [3.8, 4) is 11.8 Å². The van der Waals surface area contributed by atoms with Crippen LogP contribution in [0.5, 0.6) is 0 Å². The number of anilines is 3. The molecule has 2 aromatic heterocycles. The van der Waals surface area contributed by atoms with Gasteiger partial charge in [0.15, 0.2) is 0 Å². The van der Waals surface area contributed by atoms with Crippen LogP contribution in [0.4, 0.5) is 26.5 Å². The first-order valence-electron chi connectivity index (χ1n) is 11.7. The summed E-state index contributed by atoms with van der Waals surface area (Å²) >= 11 is 6.29. The summed E-state index contributed by atoms with van der Waals surface area (Å²) in [7, 11) is 0. The standard InChI is InChI=1S/C25H23ClFN9O3/c1-13(33-22-16(11-28)21(29)31-12-32-22)23-35-20-18(27)7-6-17(26)19(20)24(38)36(23)15-5-2-4-14(10-15)34-25(39)30-8-3-9-37/h2,4-7,10,12-13,37H,3,8-9H2,1H3,(H2,30,34,39)(H3,29,31,32,33). The maximum atomic E-state index is 14.8. The molecule has 0 fully saturated rings. The molecule has 2 amide bonds. The second-order valence-electron chi connectivity index (χ2n) is 8.33. The third-order valence-corrected chi connectivity index (χ3v) is 5.98. The maximum absolute atomic E-state index is 14.8. The van der Waals surface area contributed by atoms with Crippen molar-refractivity contribution in [1.82, 2.24) is 24.8 Å². The first kappa shape index (κ1) is 27.2. The van der Waals surface area contributed by atoms with Crippen LogP contribution in [0.15, 0.2) is 47.5 Å². The number of nitrogens with zero attached hydrogens (tertiary/aromatic N) is 5. The minimum absolute atomic E-state index is 0.00771. The zero-order chi connectivity index (χ0) is 28.1. The number of fused-ring (bicyclic) bond motifs is 1. The molecule has 0 saturated carbocycles. The van der Waals surface area contributed by atoms with Crippen LogP contribution in [0.1, 0.15) is 30.8 Å². The average molecular weight is 552 g/mol. The number of hydrogen-bond acceptors (Lipinski definition) is 9. The minimum Gasteiger partial charge on any atom is -0.396 e. The number of nitriles is 1. The molecule has 0 radical (unpaired) electrons. The zero-order valence-electron chi connectivity index (χ0n) is 20.6. The van der Waals surface area contributed by atoms with Crippen LogP contribution in [0.25, 0.3) is 16.6 Å². The lowest BCUT2D eigenvalue weighted by Gasteiger charge is -2.21. The number of aromatic nitrogens is 4. The summed E-state index contributed by atoms with van der Waals surface area (Å²) in [5, 5.41) is 26.5. The fourth-order valence-electron chi connectivity index (χ4n) is 3.84. The smallest absolute Gasteiger partial charge is 0.319 e. The van der Waals surface area contributed by atoms with E-state index in [1.807, 2.05) is 6.07 Å². The van der Waals surface area contributed by atoms with Crippen LogP contribution in [0.3, 0.4) is 0 Å². The van der Waals surface area contributed by atoms with Gasteiger partial charge >= 0.3 is 6.03 Å². The number of urea groups is 1. The first-order valence-corrected chi connectivity index (χ1v) is 12.1. The van der Waals surface area contributed by atoms with E-state index in [1.165, 1.54) is 23.0 Å². The molecule has 0 saturated heterocycles. The van der Waals surface area contributed by atoms with Gasteiger partial charge in [-0.1, -0.05) is 17.7 Å². The highest BCUT2D eigenvalue weighted by Gasteiger charge is 2.23. The van der Waals surface area contributed by atoms with Crippen LogP contribution < -0.4 is 27.2 Å². The summed E-state index contributed by atoms with van der Waals surface area (Å²) in [4.78, 5) is 38.3. The third kappa shape index (κ3) is 5.71. The first-order chi connectivity index (χ1) is 18.7. The van der Waals surface area contributed by atoms with Gasteiger partial charge in [-0.3, -0.25) is 9.36 Å². The van der Waals surface area contributed by atoms with Gasteiger partial charge in [-0.05, 0) is 43.7 Å². The van der Waals surface area contributed by atoms with Gasteiger partial charge in [-0.2, -0.15) is 5.26 Å². The van der Waals surface area contributed by atoms with E-state index in [0.717, 1.165) is 6.07 Å². The van der Waals surface area contributed by atoms with Crippen LogP contribution in [0, 0.1) is 17.1 Å². The summed E-state index contributed by atoms with van der Waals surface area (Å²) in [6, 6.07) is 9.38. The average Bonchev–Trinajstić information content (AvgIpc) is 2.91.